The Morgan fingerprint density at radius 2 is 2.04 bits per heavy atom. The highest BCUT2D eigenvalue weighted by molar-refractivity contribution is 7.13. The molecule has 0 bridgehead atoms. The first kappa shape index (κ1) is 16.9. The molecule has 3 rings (SSSR count). The average molecular weight is 378 g/mol. The summed E-state index contributed by atoms with van der Waals surface area (Å²) in [5.41, 5.74) is 5.34. The van der Waals surface area contributed by atoms with Crippen molar-refractivity contribution in [2.75, 3.05) is 0 Å². The summed E-state index contributed by atoms with van der Waals surface area (Å²) in [4.78, 5) is 28.3. The standard InChI is InChI=1S/C15H12ClN5O3S/c1-21-6-8(5-17-21)15-18-11(7-25-15)14(24)20-19-13(23)10-4-9(16)2-3-12(10)22/h2-7,22H,1H3,(H,19,23)(H,20,24). The number of phenolic OH excluding ortho intramolecular Hbond substituents is 1. The number of rotatable bonds is 3. The molecule has 0 fully saturated rings. The van der Waals surface area contributed by atoms with Crippen LogP contribution in [0.5, 0.6) is 5.75 Å². The molecule has 10 heteroatoms. The van der Waals surface area contributed by atoms with Crippen LogP contribution in [0.15, 0.2) is 36.0 Å². The zero-order valence-electron chi connectivity index (χ0n) is 12.9. The van der Waals surface area contributed by atoms with Gasteiger partial charge in [-0.1, -0.05) is 11.6 Å². The Bertz CT molecular complexity index is 952. The van der Waals surface area contributed by atoms with E-state index in [0.29, 0.717) is 5.01 Å². The zero-order valence-corrected chi connectivity index (χ0v) is 14.4. The molecule has 0 aliphatic rings. The number of hydrazine groups is 1. The molecule has 2 aromatic heterocycles. The number of carbonyl (C=O) groups excluding carboxylic acids is 2. The van der Waals surface area contributed by atoms with Gasteiger partial charge in [0.05, 0.1) is 11.8 Å². The number of amides is 2. The van der Waals surface area contributed by atoms with E-state index in [4.69, 9.17) is 11.6 Å². The largest absolute Gasteiger partial charge is 0.507 e. The lowest BCUT2D eigenvalue weighted by molar-refractivity contribution is 0.0842. The van der Waals surface area contributed by atoms with E-state index >= 15 is 0 Å². The van der Waals surface area contributed by atoms with Crippen molar-refractivity contribution in [3.63, 3.8) is 0 Å². The molecule has 0 saturated carbocycles. The minimum Gasteiger partial charge on any atom is -0.507 e. The van der Waals surface area contributed by atoms with E-state index in [1.54, 1.807) is 29.5 Å². The second-order valence-corrected chi connectivity index (χ2v) is 6.30. The Balaban J connectivity index is 1.66. The molecule has 2 heterocycles. The van der Waals surface area contributed by atoms with E-state index in [9.17, 15) is 14.7 Å². The molecule has 0 radical (unpaired) electrons. The SMILES string of the molecule is Cn1cc(-c2nc(C(=O)NNC(=O)c3cc(Cl)ccc3O)cs2)cn1. The fourth-order valence-corrected chi connectivity index (χ4v) is 2.92. The van der Waals surface area contributed by atoms with Crippen LogP contribution in [0.25, 0.3) is 10.6 Å². The van der Waals surface area contributed by atoms with Gasteiger partial charge < -0.3 is 5.11 Å². The number of phenols is 1. The lowest BCUT2D eigenvalue weighted by Crippen LogP contribution is -2.41. The fourth-order valence-electron chi connectivity index (χ4n) is 1.98. The molecule has 25 heavy (non-hydrogen) atoms. The van der Waals surface area contributed by atoms with E-state index in [1.807, 2.05) is 0 Å². The zero-order chi connectivity index (χ0) is 18.0. The summed E-state index contributed by atoms with van der Waals surface area (Å²) >= 11 is 7.07. The fraction of sp³-hybridized carbons (Fsp3) is 0.0667. The van der Waals surface area contributed by atoms with Gasteiger partial charge in [-0.2, -0.15) is 5.10 Å². The molecule has 1 aromatic carbocycles. The van der Waals surface area contributed by atoms with Crippen LogP contribution in [-0.4, -0.2) is 31.7 Å². The van der Waals surface area contributed by atoms with Crippen molar-refractivity contribution in [3.8, 4) is 16.3 Å². The number of thiazole rings is 1. The Morgan fingerprint density at radius 3 is 2.76 bits per heavy atom. The van der Waals surface area contributed by atoms with Crippen LogP contribution in [0.1, 0.15) is 20.8 Å². The molecule has 0 aliphatic carbocycles. The van der Waals surface area contributed by atoms with Crippen molar-refractivity contribution in [1.29, 1.82) is 0 Å². The van der Waals surface area contributed by atoms with Crippen LogP contribution in [-0.2, 0) is 7.05 Å². The van der Waals surface area contributed by atoms with Crippen LogP contribution in [0.2, 0.25) is 5.02 Å². The molecule has 0 aliphatic heterocycles. The van der Waals surface area contributed by atoms with Gasteiger partial charge in [-0.15, -0.1) is 11.3 Å². The minimum atomic E-state index is -0.698. The van der Waals surface area contributed by atoms with Crippen molar-refractivity contribution < 1.29 is 14.7 Å². The van der Waals surface area contributed by atoms with Gasteiger partial charge in [0.25, 0.3) is 11.8 Å². The normalized spacial score (nSPS) is 10.5. The predicted octanol–water partition coefficient (Wildman–Crippen LogP) is 1.98. The molecule has 128 valence electrons. The maximum atomic E-state index is 12.1. The summed E-state index contributed by atoms with van der Waals surface area (Å²) < 4.78 is 1.63. The van der Waals surface area contributed by atoms with Crippen molar-refractivity contribution >= 4 is 34.8 Å². The van der Waals surface area contributed by atoms with Crippen LogP contribution >= 0.6 is 22.9 Å². The first-order valence-corrected chi connectivity index (χ1v) is 8.23. The first-order chi connectivity index (χ1) is 11.9. The van der Waals surface area contributed by atoms with Crippen LogP contribution in [0.4, 0.5) is 0 Å². The summed E-state index contributed by atoms with van der Waals surface area (Å²) in [5, 5.41) is 16.2. The van der Waals surface area contributed by atoms with Gasteiger partial charge in [0, 0.05) is 29.2 Å². The molecule has 3 aromatic rings. The van der Waals surface area contributed by atoms with Crippen molar-refractivity contribution in [2.24, 2.45) is 7.05 Å². The van der Waals surface area contributed by atoms with E-state index in [1.165, 1.54) is 29.5 Å². The summed E-state index contributed by atoms with van der Waals surface area (Å²) in [7, 11) is 1.78. The number of benzene rings is 1. The van der Waals surface area contributed by atoms with Crippen LogP contribution < -0.4 is 10.9 Å². The molecule has 0 spiro atoms. The average Bonchev–Trinajstić information content (AvgIpc) is 3.23. The van der Waals surface area contributed by atoms with Gasteiger partial charge in [0.1, 0.15) is 16.5 Å². The minimum absolute atomic E-state index is 0.0536. The van der Waals surface area contributed by atoms with Crippen molar-refractivity contribution in [1.82, 2.24) is 25.6 Å². The van der Waals surface area contributed by atoms with E-state index < -0.39 is 11.8 Å². The van der Waals surface area contributed by atoms with Crippen molar-refractivity contribution in [2.45, 2.75) is 0 Å². The highest BCUT2D eigenvalue weighted by Crippen LogP contribution is 2.23. The molecule has 0 unspecified atom stereocenters. The number of nitrogens with one attached hydrogen (secondary N) is 2. The molecule has 2 amide bonds. The molecule has 3 N–H and O–H groups in total. The number of hydrogen-bond acceptors (Lipinski definition) is 6. The van der Waals surface area contributed by atoms with Gasteiger partial charge in [-0.05, 0) is 18.2 Å². The number of nitrogens with zero attached hydrogens (tertiary/aromatic N) is 3. The Morgan fingerprint density at radius 1 is 1.28 bits per heavy atom. The summed E-state index contributed by atoms with van der Waals surface area (Å²) in [6, 6.07) is 4.03. The summed E-state index contributed by atoms with van der Waals surface area (Å²) in [6.45, 7) is 0. The van der Waals surface area contributed by atoms with Gasteiger partial charge in [-0.25, -0.2) is 4.98 Å². The van der Waals surface area contributed by atoms with Crippen LogP contribution in [0, 0.1) is 0 Å². The van der Waals surface area contributed by atoms with E-state index in [0.717, 1.165) is 5.56 Å². The van der Waals surface area contributed by atoms with Gasteiger partial charge >= 0.3 is 0 Å². The van der Waals surface area contributed by atoms with Gasteiger partial charge in [-0.3, -0.25) is 25.1 Å². The topological polar surface area (TPSA) is 109 Å². The van der Waals surface area contributed by atoms with Crippen LogP contribution in [0.3, 0.4) is 0 Å². The van der Waals surface area contributed by atoms with Crippen molar-refractivity contribution in [3.05, 3.63) is 52.3 Å². The third kappa shape index (κ3) is 3.78. The van der Waals surface area contributed by atoms with Gasteiger partial charge in [0.2, 0.25) is 0 Å². The quantitative estimate of drug-likeness (QED) is 0.605. The number of aromatic nitrogens is 3. The maximum Gasteiger partial charge on any atom is 0.289 e. The lowest BCUT2D eigenvalue weighted by atomic mass is 10.2. The monoisotopic (exact) mass is 377 g/mol. The number of aryl methyl sites for hydroxylation is 1. The predicted molar refractivity (Wildman–Crippen MR) is 92.4 cm³/mol. The highest BCUT2D eigenvalue weighted by atomic mass is 35.5. The number of aromatic hydroxyl groups is 1. The summed E-state index contributed by atoms with van der Waals surface area (Å²) in [5.74, 6) is -1.53. The molecule has 0 atom stereocenters. The van der Waals surface area contributed by atoms with Gasteiger partial charge in [0.15, 0.2) is 0 Å². The number of halogens is 1. The molecule has 0 saturated heterocycles. The second-order valence-electron chi connectivity index (χ2n) is 5.01. The smallest absolute Gasteiger partial charge is 0.289 e. The Kier molecular flexibility index (Phi) is 4.68. The van der Waals surface area contributed by atoms with E-state index in [-0.39, 0.29) is 22.0 Å². The molecular formula is C15H12ClN5O3S. The maximum absolute atomic E-state index is 12.1. The first-order valence-electron chi connectivity index (χ1n) is 6.98. The third-order valence-corrected chi connectivity index (χ3v) is 4.31. The second kappa shape index (κ2) is 6.91. The van der Waals surface area contributed by atoms with E-state index in [2.05, 4.69) is 20.9 Å². The third-order valence-electron chi connectivity index (χ3n) is 3.18. The number of hydrogen-bond donors (Lipinski definition) is 3. The Hall–Kier alpha value is -2.91. The number of carbonyl (C=O) groups is 2. The molecular weight excluding hydrogens is 366 g/mol. The summed E-state index contributed by atoms with van der Waals surface area (Å²) in [6.07, 6.45) is 3.43. The lowest BCUT2D eigenvalue weighted by Gasteiger charge is -2.07. The Labute approximate surface area is 151 Å². The highest BCUT2D eigenvalue weighted by Gasteiger charge is 2.16. The molecule has 8 nitrogen and oxygen atoms in total.